The molecule has 5 heteroatoms. The number of hydrogen-bond donors (Lipinski definition) is 1. The lowest BCUT2D eigenvalue weighted by atomic mass is 9.93. The van der Waals surface area contributed by atoms with Crippen molar-refractivity contribution >= 4 is 17.5 Å². The van der Waals surface area contributed by atoms with E-state index in [0.717, 1.165) is 0 Å². The van der Waals surface area contributed by atoms with Gasteiger partial charge >= 0.3 is 0 Å². The second-order valence-electron chi connectivity index (χ2n) is 4.33. The van der Waals surface area contributed by atoms with E-state index in [4.69, 9.17) is 0 Å². The Morgan fingerprint density at radius 1 is 1.47 bits per heavy atom. The molecule has 0 saturated carbocycles. The molecule has 0 saturated heterocycles. The first-order valence-electron chi connectivity index (χ1n) is 5.23. The van der Waals surface area contributed by atoms with E-state index in [2.05, 4.69) is 5.32 Å². The fourth-order valence-corrected chi connectivity index (χ4v) is 2.23. The molecule has 1 aliphatic heterocycles. The standard InChI is InChI=1S/C12H13FN2O2/c1-7(16)14-12(2)9-6-8(13)4-5-10(9)15(3)11(12)17/h4-6H,1-3H3,(H,14,16). The summed E-state index contributed by atoms with van der Waals surface area (Å²) in [5.41, 5.74) is -0.0780. The zero-order valence-electron chi connectivity index (χ0n) is 9.87. The average molecular weight is 236 g/mol. The minimum absolute atomic E-state index is 0.270. The lowest BCUT2D eigenvalue weighted by molar-refractivity contribution is -0.129. The number of likely N-dealkylation sites (N-methyl/N-ethyl adjacent to an activating group) is 1. The van der Waals surface area contributed by atoms with E-state index in [9.17, 15) is 14.0 Å². The number of carbonyl (C=O) groups excluding carboxylic acids is 2. The first-order valence-corrected chi connectivity index (χ1v) is 5.23. The number of anilines is 1. The van der Waals surface area contributed by atoms with Crippen LogP contribution in [0, 0.1) is 5.82 Å². The van der Waals surface area contributed by atoms with Crippen LogP contribution in [0.3, 0.4) is 0 Å². The number of benzene rings is 1. The summed E-state index contributed by atoms with van der Waals surface area (Å²) in [4.78, 5) is 24.7. The number of nitrogens with zero attached hydrogens (tertiary/aromatic N) is 1. The third kappa shape index (κ3) is 1.58. The van der Waals surface area contributed by atoms with Gasteiger partial charge in [-0.25, -0.2) is 4.39 Å². The largest absolute Gasteiger partial charge is 0.338 e. The summed E-state index contributed by atoms with van der Waals surface area (Å²) in [6.07, 6.45) is 0. The Balaban J connectivity index is 2.60. The highest BCUT2D eigenvalue weighted by Gasteiger charge is 2.46. The van der Waals surface area contributed by atoms with Gasteiger partial charge in [0, 0.05) is 25.2 Å². The smallest absolute Gasteiger partial charge is 0.256 e. The van der Waals surface area contributed by atoms with Gasteiger partial charge in [0.2, 0.25) is 5.91 Å². The Bertz CT molecular complexity index is 515. The first-order chi connectivity index (χ1) is 7.86. The number of halogens is 1. The van der Waals surface area contributed by atoms with Crippen molar-refractivity contribution < 1.29 is 14.0 Å². The zero-order chi connectivity index (χ0) is 12.8. The molecule has 0 radical (unpaired) electrons. The number of fused-ring (bicyclic) bond motifs is 1. The summed E-state index contributed by atoms with van der Waals surface area (Å²) in [6.45, 7) is 2.91. The third-order valence-corrected chi connectivity index (χ3v) is 3.02. The number of rotatable bonds is 1. The summed E-state index contributed by atoms with van der Waals surface area (Å²) in [5, 5.41) is 2.58. The molecule has 0 aliphatic carbocycles. The molecule has 1 heterocycles. The summed E-state index contributed by atoms with van der Waals surface area (Å²) >= 11 is 0. The van der Waals surface area contributed by atoms with Crippen LogP contribution in [0.4, 0.5) is 10.1 Å². The second kappa shape index (κ2) is 3.55. The molecule has 0 bridgehead atoms. The van der Waals surface area contributed by atoms with Crippen LogP contribution in [0.5, 0.6) is 0 Å². The molecule has 1 aromatic rings. The summed E-state index contributed by atoms with van der Waals surface area (Å²) < 4.78 is 13.3. The maximum absolute atomic E-state index is 13.3. The Labute approximate surface area is 98.4 Å². The van der Waals surface area contributed by atoms with Gasteiger partial charge in [0.05, 0.1) is 0 Å². The van der Waals surface area contributed by atoms with Crippen molar-refractivity contribution in [1.82, 2.24) is 5.32 Å². The second-order valence-corrected chi connectivity index (χ2v) is 4.33. The van der Waals surface area contributed by atoms with Gasteiger partial charge in [0.25, 0.3) is 5.91 Å². The maximum Gasteiger partial charge on any atom is 0.256 e. The highest BCUT2D eigenvalue weighted by molar-refractivity contribution is 6.08. The normalized spacial score (nSPS) is 22.6. The van der Waals surface area contributed by atoms with E-state index >= 15 is 0 Å². The van der Waals surface area contributed by atoms with Crippen molar-refractivity contribution in [3.63, 3.8) is 0 Å². The number of nitrogens with one attached hydrogen (secondary N) is 1. The van der Waals surface area contributed by atoms with E-state index < -0.39 is 11.4 Å². The molecule has 4 nitrogen and oxygen atoms in total. The summed E-state index contributed by atoms with van der Waals surface area (Å²) in [5.74, 6) is -1.02. The SMILES string of the molecule is CC(=O)NC1(C)C(=O)N(C)c2ccc(F)cc21. The van der Waals surface area contributed by atoms with Gasteiger partial charge in [-0.15, -0.1) is 0 Å². The minimum Gasteiger partial charge on any atom is -0.338 e. The van der Waals surface area contributed by atoms with Gasteiger partial charge in [0.1, 0.15) is 11.4 Å². The fourth-order valence-electron chi connectivity index (χ4n) is 2.23. The molecule has 0 aromatic heterocycles. The van der Waals surface area contributed by atoms with Crippen molar-refractivity contribution in [2.24, 2.45) is 0 Å². The number of carbonyl (C=O) groups is 2. The van der Waals surface area contributed by atoms with Crippen LogP contribution < -0.4 is 10.2 Å². The predicted molar refractivity (Wildman–Crippen MR) is 61.0 cm³/mol. The molecule has 1 atom stereocenters. The molecule has 0 spiro atoms. The lowest BCUT2D eigenvalue weighted by Crippen LogP contribution is -2.49. The zero-order valence-corrected chi connectivity index (χ0v) is 9.87. The molecular weight excluding hydrogens is 223 g/mol. The Hall–Kier alpha value is -1.91. The molecule has 1 unspecified atom stereocenters. The van der Waals surface area contributed by atoms with Crippen molar-refractivity contribution in [2.45, 2.75) is 19.4 Å². The van der Waals surface area contributed by atoms with Crippen molar-refractivity contribution in [2.75, 3.05) is 11.9 Å². The Kier molecular flexibility index (Phi) is 2.41. The van der Waals surface area contributed by atoms with Gasteiger partial charge in [0.15, 0.2) is 0 Å². The van der Waals surface area contributed by atoms with Gasteiger partial charge in [-0.1, -0.05) is 0 Å². The molecule has 17 heavy (non-hydrogen) atoms. The fraction of sp³-hybridized carbons (Fsp3) is 0.333. The molecule has 1 aliphatic rings. The molecule has 90 valence electrons. The Morgan fingerprint density at radius 3 is 2.71 bits per heavy atom. The quantitative estimate of drug-likeness (QED) is 0.795. The van der Waals surface area contributed by atoms with Crippen molar-refractivity contribution in [3.05, 3.63) is 29.6 Å². The van der Waals surface area contributed by atoms with Gasteiger partial charge in [-0.2, -0.15) is 0 Å². The van der Waals surface area contributed by atoms with Crippen LogP contribution in [0.2, 0.25) is 0 Å². The van der Waals surface area contributed by atoms with Crippen LogP contribution in [0.25, 0.3) is 0 Å². The van der Waals surface area contributed by atoms with E-state index in [0.29, 0.717) is 11.3 Å². The highest BCUT2D eigenvalue weighted by Crippen LogP contribution is 2.39. The summed E-state index contributed by atoms with van der Waals surface area (Å²) in [6, 6.07) is 4.12. The third-order valence-electron chi connectivity index (χ3n) is 3.02. The molecule has 1 aromatic carbocycles. The molecule has 0 fully saturated rings. The van der Waals surface area contributed by atoms with Crippen LogP contribution in [0.15, 0.2) is 18.2 Å². The van der Waals surface area contributed by atoms with Gasteiger partial charge in [-0.3, -0.25) is 9.59 Å². The van der Waals surface area contributed by atoms with Crippen LogP contribution in [-0.2, 0) is 15.1 Å². The van der Waals surface area contributed by atoms with Crippen LogP contribution >= 0.6 is 0 Å². The molecular formula is C12H13FN2O2. The van der Waals surface area contributed by atoms with E-state index in [1.807, 2.05) is 0 Å². The highest BCUT2D eigenvalue weighted by atomic mass is 19.1. The lowest BCUT2D eigenvalue weighted by Gasteiger charge is -2.23. The monoisotopic (exact) mass is 236 g/mol. The predicted octanol–water partition coefficient (Wildman–Crippen LogP) is 1.15. The van der Waals surface area contributed by atoms with E-state index in [1.54, 1.807) is 14.0 Å². The molecule has 2 amide bonds. The van der Waals surface area contributed by atoms with Crippen molar-refractivity contribution in [1.29, 1.82) is 0 Å². The molecule has 2 rings (SSSR count). The summed E-state index contributed by atoms with van der Waals surface area (Å²) in [7, 11) is 1.60. The van der Waals surface area contributed by atoms with Crippen molar-refractivity contribution in [3.8, 4) is 0 Å². The Morgan fingerprint density at radius 2 is 2.12 bits per heavy atom. The first kappa shape index (κ1) is 11.6. The molecule has 1 N–H and O–H groups in total. The van der Waals surface area contributed by atoms with Gasteiger partial charge < -0.3 is 10.2 Å². The maximum atomic E-state index is 13.3. The number of hydrogen-bond acceptors (Lipinski definition) is 2. The topological polar surface area (TPSA) is 49.4 Å². The van der Waals surface area contributed by atoms with E-state index in [-0.39, 0.29) is 11.8 Å². The van der Waals surface area contributed by atoms with Crippen LogP contribution in [0.1, 0.15) is 19.4 Å². The van der Waals surface area contributed by atoms with Crippen LogP contribution in [-0.4, -0.2) is 18.9 Å². The van der Waals surface area contributed by atoms with E-state index in [1.165, 1.54) is 30.0 Å². The van der Waals surface area contributed by atoms with Gasteiger partial charge in [-0.05, 0) is 25.1 Å². The number of amides is 2. The average Bonchev–Trinajstić information content (AvgIpc) is 2.41. The minimum atomic E-state index is -1.18.